The molecule has 184 valence electrons. The maximum Gasteiger partial charge on any atom is 0.287 e. The number of nitrogens with zero attached hydrogens (tertiary/aromatic N) is 1. The van der Waals surface area contributed by atoms with Crippen molar-refractivity contribution in [2.45, 2.75) is 26.4 Å². The molecule has 0 aliphatic heterocycles. The molecule has 4 rings (SSSR count). The first-order valence-corrected chi connectivity index (χ1v) is 11.5. The molecule has 1 unspecified atom stereocenters. The zero-order chi connectivity index (χ0) is 25.5. The van der Waals surface area contributed by atoms with Crippen LogP contribution in [0, 0.1) is 13.8 Å². The number of hydrogen-bond donors (Lipinski definition) is 2. The van der Waals surface area contributed by atoms with Crippen LogP contribution in [0.5, 0.6) is 0 Å². The molecule has 1 atom stereocenters. The Morgan fingerprint density at radius 1 is 0.861 bits per heavy atom. The third kappa shape index (κ3) is 5.72. The van der Waals surface area contributed by atoms with Gasteiger partial charge in [0.15, 0.2) is 5.76 Å². The third-order valence-electron chi connectivity index (χ3n) is 5.68. The number of anilines is 1. The Morgan fingerprint density at radius 2 is 1.61 bits per heavy atom. The van der Waals surface area contributed by atoms with Crippen molar-refractivity contribution in [3.63, 3.8) is 0 Å². The van der Waals surface area contributed by atoms with Gasteiger partial charge in [0.1, 0.15) is 11.8 Å². The summed E-state index contributed by atoms with van der Waals surface area (Å²) in [6.07, 6.45) is 2.91. The van der Waals surface area contributed by atoms with Gasteiger partial charge in [0.25, 0.3) is 5.91 Å². The van der Waals surface area contributed by atoms with Crippen LogP contribution in [0.1, 0.15) is 39.0 Å². The van der Waals surface area contributed by atoms with E-state index in [2.05, 4.69) is 10.6 Å². The van der Waals surface area contributed by atoms with Gasteiger partial charge in [-0.15, -0.1) is 0 Å². The summed E-state index contributed by atoms with van der Waals surface area (Å²) in [4.78, 5) is 41.2. The van der Waals surface area contributed by atoms with Crippen molar-refractivity contribution in [3.05, 3.63) is 114 Å². The van der Waals surface area contributed by atoms with Gasteiger partial charge in [-0.2, -0.15) is 0 Å². The quantitative estimate of drug-likeness (QED) is 0.368. The average molecular weight is 486 g/mol. The molecule has 0 fully saturated rings. The molecular formula is C28H27N3O5. The summed E-state index contributed by atoms with van der Waals surface area (Å²) in [5.74, 6) is -0.676. The van der Waals surface area contributed by atoms with Crippen LogP contribution in [0.25, 0.3) is 0 Å². The van der Waals surface area contributed by atoms with Crippen molar-refractivity contribution in [1.29, 1.82) is 0 Å². The topological polar surface area (TPSA) is 105 Å². The fourth-order valence-electron chi connectivity index (χ4n) is 3.87. The predicted octanol–water partition coefficient (Wildman–Crippen LogP) is 4.31. The molecule has 3 amide bonds. The number of benzene rings is 2. The summed E-state index contributed by atoms with van der Waals surface area (Å²) in [7, 11) is 0. The lowest BCUT2D eigenvalue weighted by molar-refractivity contribution is -0.126. The summed E-state index contributed by atoms with van der Waals surface area (Å²) >= 11 is 0. The molecule has 0 radical (unpaired) electrons. The first kappa shape index (κ1) is 24.5. The van der Waals surface area contributed by atoms with Gasteiger partial charge in [0.2, 0.25) is 11.8 Å². The van der Waals surface area contributed by atoms with Gasteiger partial charge in [-0.1, -0.05) is 42.5 Å². The number of aryl methyl sites for hydroxylation is 2. The fraction of sp³-hybridized carbons (Fsp3) is 0.179. The van der Waals surface area contributed by atoms with E-state index >= 15 is 0 Å². The molecule has 0 aliphatic carbocycles. The Kier molecular flexibility index (Phi) is 7.65. The molecule has 2 heterocycles. The molecular weight excluding hydrogens is 458 g/mol. The molecule has 8 heteroatoms. The highest BCUT2D eigenvalue weighted by atomic mass is 16.3. The van der Waals surface area contributed by atoms with E-state index in [0.29, 0.717) is 17.0 Å². The van der Waals surface area contributed by atoms with E-state index in [0.717, 1.165) is 11.1 Å². The molecule has 0 spiro atoms. The van der Waals surface area contributed by atoms with Crippen molar-refractivity contribution in [3.8, 4) is 0 Å². The van der Waals surface area contributed by atoms with E-state index in [1.165, 1.54) is 23.5 Å². The second-order valence-electron chi connectivity index (χ2n) is 8.32. The molecule has 2 aromatic heterocycles. The lowest BCUT2D eigenvalue weighted by atomic mass is 10.0. The van der Waals surface area contributed by atoms with Crippen molar-refractivity contribution in [1.82, 2.24) is 10.6 Å². The number of furan rings is 2. The Labute approximate surface area is 208 Å². The molecule has 36 heavy (non-hydrogen) atoms. The molecule has 0 saturated heterocycles. The van der Waals surface area contributed by atoms with E-state index < -0.39 is 17.9 Å². The van der Waals surface area contributed by atoms with Gasteiger partial charge >= 0.3 is 0 Å². The van der Waals surface area contributed by atoms with E-state index in [9.17, 15) is 14.4 Å². The van der Waals surface area contributed by atoms with Crippen molar-refractivity contribution in [2.24, 2.45) is 0 Å². The summed E-state index contributed by atoms with van der Waals surface area (Å²) in [6, 6.07) is 20.4. The minimum Gasteiger partial charge on any atom is -0.467 e. The maximum atomic E-state index is 13.7. The normalized spacial score (nSPS) is 11.5. The molecule has 8 nitrogen and oxygen atoms in total. The zero-order valence-electron chi connectivity index (χ0n) is 20.1. The lowest BCUT2D eigenvalue weighted by Gasteiger charge is -2.33. The zero-order valence-corrected chi connectivity index (χ0v) is 20.1. The van der Waals surface area contributed by atoms with Crippen LogP contribution in [-0.4, -0.2) is 24.3 Å². The number of rotatable bonds is 9. The molecule has 2 N–H and O–H groups in total. The van der Waals surface area contributed by atoms with E-state index in [1.807, 2.05) is 50.2 Å². The van der Waals surface area contributed by atoms with Crippen molar-refractivity contribution >= 4 is 23.4 Å². The van der Waals surface area contributed by atoms with Crippen LogP contribution in [-0.2, 0) is 16.1 Å². The first-order chi connectivity index (χ1) is 17.4. The number of hydrogen-bond acceptors (Lipinski definition) is 5. The number of nitrogens with one attached hydrogen (secondary N) is 2. The second-order valence-corrected chi connectivity index (χ2v) is 8.32. The number of amides is 3. The maximum absolute atomic E-state index is 13.7. The van der Waals surface area contributed by atoms with Crippen LogP contribution >= 0.6 is 0 Å². The fourth-order valence-corrected chi connectivity index (χ4v) is 3.87. The van der Waals surface area contributed by atoms with E-state index in [4.69, 9.17) is 8.83 Å². The standard InChI is InChI=1S/C28H27N3O5/c1-19-12-13-20(2)23(16-19)31(25(32)18-30-27(33)24-11-7-15-36-24)26(21-8-4-3-5-9-21)28(34)29-17-22-10-6-14-35-22/h3-16,26H,17-18H2,1-2H3,(H,29,34)(H,30,33). The molecule has 0 aliphatic rings. The SMILES string of the molecule is Cc1ccc(C)c(N(C(=O)CNC(=O)c2ccco2)C(C(=O)NCc2ccco2)c2ccccc2)c1. The van der Waals surface area contributed by atoms with Crippen molar-refractivity contribution < 1.29 is 23.2 Å². The predicted molar refractivity (Wildman–Crippen MR) is 134 cm³/mol. The minimum atomic E-state index is -0.991. The Hall–Kier alpha value is -4.59. The molecule has 0 bridgehead atoms. The van der Waals surface area contributed by atoms with Crippen LogP contribution < -0.4 is 15.5 Å². The van der Waals surface area contributed by atoms with Crippen LogP contribution in [0.4, 0.5) is 5.69 Å². The van der Waals surface area contributed by atoms with Gasteiger partial charge < -0.3 is 19.5 Å². The Morgan fingerprint density at radius 3 is 2.31 bits per heavy atom. The van der Waals surface area contributed by atoms with Gasteiger partial charge in [0, 0.05) is 5.69 Å². The highest BCUT2D eigenvalue weighted by Gasteiger charge is 2.33. The minimum absolute atomic E-state index is 0.0943. The van der Waals surface area contributed by atoms with E-state index in [-0.39, 0.29) is 24.8 Å². The molecule has 2 aromatic carbocycles. The highest BCUT2D eigenvalue weighted by molar-refractivity contribution is 6.04. The van der Waals surface area contributed by atoms with Crippen molar-refractivity contribution in [2.75, 3.05) is 11.4 Å². The van der Waals surface area contributed by atoms with Gasteiger partial charge in [-0.05, 0) is 60.9 Å². The van der Waals surface area contributed by atoms with E-state index in [1.54, 1.807) is 30.3 Å². The van der Waals surface area contributed by atoms with Crippen LogP contribution in [0.15, 0.2) is 94.2 Å². The van der Waals surface area contributed by atoms with Crippen LogP contribution in [0.3, 0.4) is 0 Å². The first-order valence-electron chi connectivity index (χ1n) is 11.5. The monoisotopic (exact) mass is 485 g/mol. The van der Waals surface area contributed by atoms with Gasteiger partial charge in [0.05, 0.1) is 25.6 Å². The number of carbonyl (C=O) groups is 3. The smallest absolute Gasteiger partial charge is 0.287 e. The largest absolute Gasteiger partial charge is 0.467 e. The van der Waals surface area contributed by atoms with Crippen LogP contribution in [0.2, 0.25) is 0 Å². The Bertz CT molecular complexity index is 1310. The van der Waals surface area contributed by atoms with Gasteiger partial charge in [-0.25, -0.2) is 0 Å². The van der Waals surface area contributed by atoms with Gasteiger partial charge in [-0.3, -0.25) is 19.3 Å². The lowest BCUT2D eigenvalue weighted by Crippen LogP contribution is -2.47. The molecule has 0 saturated carbocycles. The summed E-state index contributed by atoms with van der Waals surface area (Å²) in [6.45, 7) is 3.62. The highest BCUT2D eigenvalue weighted by Crippen LogP contribution is 2.31. The summed E-state index contributed by atoms with van der Waals surface area (Å²) in [5.41, 5.74) is 2.94. The summed E-state index contributed by atoms with van der Waals surface area (Å²) in [5, 5.41) is 5.48. The Balaban J connectivity index is 1.70. The third-order valence-corrected chi connectivity index (χ3v) is 5.68. The second kappa shape index (κ2) is 11.2. The average Bonchev–Trinajstić information content (AvgIpc) is 3.61. The summed E-state index contributed by atoms with van der Waals surface area (Å²) < 4.78 is 10.5. The molecule has 4 aromatic rings. The number of carbonyl (C=O) groups excluding carboxylic acids is 3.